The SMILES string of the molecule is Fc1ccc2c(ccn2C[C@H]2CO2)c1. The van der Waals surface area contributed by atoms with Crippen LogP contribution in [-0.4, -0.2) is 17.3 Å². The Morgan fingerprint density at radius 2 is 2.29 bits per heavy atom. The number of nitrogens with zero attached hydrogens (tertiary/aromatic N) is 1. The van der Waals surface area contributed by atoms with Crippen molar-refractivity contribution in [3.63, 3.8) is 0 Å². The molecule has 0 bridgehead atoms. The van der Waals surface area contributed by atoms with E-state index >= 15 is 0 Å². The lowest BCUT2D eigenvalue weighted by Gasteiger charge is -2.01. The summed E-state index contributed by atoms with van der Waals surface area (Å²) < 4.78 is 20.1. The highest BCUT2D eigenvalue weighted by atomic mass is 19.1. The van der Waals surface area contributed by atoms with Crippen LogP contribution in [0.4, 0.5) is 4.39 Å². The zero-order valence-electron chi connectivity index (χ0n) is 7.61. The quantitative estimate of drug-likeness (QED) is 0.665. The summed E-state index contributed by atoms with van der Waals surface area (Å²) in [5.41, 5.74) is 1.07. The first-order valence-electron chi connectivity index (χ1n) is 4.69. The molecule has 0 radical (unpaired) electrons. The maximum absolute atomic E-state index is 12.9. The number of hydrogen-bond donors (Lipinski definition) is 0. The summed E-state index contributed by atoms with van der Waals surface area (Å²) in [5.74, 6) is -0.182. The predicted octanol–water partition coefficient (Wildman–Crippen LogP) is 2.18. The van der Waals surface area contributed by atoms with Crippen molar-refractivity contribution in [1.29, 1.82) is 0 Å². The Balaban J connectivity index is 2.06. The van der Waals surface area contributed by atoms with Crippen LogP contribution in [0.3, 0.4) is 0 Å². The number of benzene rings is 1. The first kappa shape index (κ1) is 8.00. The molecule has 1 atom stereocenters. The van der Waals surface area contributed by atoms with Crippen molar-refractivity contribution < 1.29 is 9.13 Å². The Hall–Kier alpha value is -1.35. The van der Waals surface area contributed by atoms with Gasteiger partial charge in [0.05, 0.1) is 19.3 Å². The number of fused-ring (bicyclic) bond motifs is 1. The van der Waals surface area contributed by atoms with Gasteiger partial charge in [-0.15, -0.1) is 0 Å². The first-order valence-corrected chi connectivity index (χ1v) is 4.69. The molecule has 1 saturated heterocycles. The van der Waals surface area contributed by atoms with E-state index in [-0.39, 0.29) is 5.82 Å². The molecule has 2 nitrogen and oxygen atoms in total. The Morgan fingerprint density at radius 3 is 3.07 bits per heavy atom. The van der Waals surface area contributed by atoms with E-state index < -0.39 is 0 Å². The summed E-state index contributed by atoms with van der Waals surface area (Å²) in [7, 11) is 0. The van der Waals surface area contributed by atoms with Gasteiger partial charge >= 0.3 is 0 Å². The lowest BCUT2D eigenvalue weighted by atomic mass is 10.2. The number of ether oxygens (including phenoxy) is 1. The van der Waals surface area contributed by atoms with Crippen LogP contribution in [-0.2, 0) is 11.3 Å². The Morgan fingerprint density at radius 1 is 1.43 bits per heavy atom. The summed E-state index contributed by atoms with van der Waals surface area (Å²) in [6.45, 7) is 1.72. The molecule has 1 aliphatic rings. The monoisotopic (exact) mass is 191 g/mol. The molecule has 3 heteroatoms. The number of epoxide rings is 1. The van der Waals surface area contributed by atoms with E-state index in [2.05, 4.69) is 4.57 Å². The van der Waals surface area contributed by atoms with Crippen molar-refractivity contribution in [2.45, 2.75) is 12.6 Å². The fourth-order valence-corrected chi connectivity index (χ4v) is 1.72. The molecule has 0 aliphatic carbocycles. The van der Waals surface area contributed by atoms with Crippen molar-refractivity contribution >= 4 is 10.9 Å². The van der Waals surface area contributed by atoms with E-state index in [9.17, 15) is 4.39 Å². The molecular weight excluding hydrogens is 181 g/mol. The summed E-state index contributed by atoms with van der Waals surface area (Å²) in [6.07, 6.45) is 2.34. The average molecular weight is 191 g/mol. The van der Waals surface area contributed by atoms with Gasteiger partial charge in [0.1, 0.15) is 5.82 Å². The van der Waals surface area contributed by atoms with E-state index in [0.29, 0.717) is 6.10 Å². The highest BCUT2D eigenvalue weighted by Gasteiger charge is 2.23. The number of rotatable bonds is 2. The summed E-state index contributed by atoms with van der Waals surface area (Å²) in [6, 6.07) is 6.79. The van der Waals surface area contributed by atoms with E-state index in [1.165, 1.54) is 6.07 Å². The average Bonchev–Trinajstić information content (AvgIpc) is 2.89. The molecule has 0 amide bonds. The predicted molar refractivity (Wildman–Crippen MR) is 51.6 cm³/mol. The van der Waals surface area contributed by atoms with Crippen LogP contribution in [0.25, 0.3) is 10.9 Å². The maximum Gasteiger partial charge on any atom is 0.123 e. The third kappa shape index (κ3) is 1.30. The van der Waals surface area contributed by atoms with Gasteiger partial charge in [0.2, 0.25) is 0 Å². The minimum Gasteiger partial charge on any atom is -0.371 e. The molecule has 1 aromatic heterocycles. The van der Waals surface area contributed by atoms with Gasteiger partial charge in [-0.1, -0.05) is 0 Å². The van der Waals surface area contributed by atoms with Crippen molar-refractivity contribution in [2.75, 3.05) is 6.61 Å². The van der Waals surface area contributed by atoms with Crippen LogP contribution in [0.15, 0.2) is 30.5 Å². The van der Waals surface area contributed by atoms with Crippen molar-refractivity contribution in [2.24, 2.45) is 0 Å². The third-order valence-electron chi connectivity index (χ3n) is 2.54. The molecule has 0 unspecified atom stereocenters. The van der Waals surface area contributed by atoms with Gasteiger partial charge in [-0.05, 0) is 24.3 Å². The molecule has 72 valence electrons. The van der Waals surface area contributed by atoms with Gasteiger partial charge in [0.15, 0.2) is 0 Å². The standard InChI is InChI=1S/C11H10FNO/c12-9-1-2-11-8(5-9)3-4-13(11)6-10-7-14-10/h1-5,10H,6-7H2/t10-/m0/s1. The van der Waals surface area contributed by atoms with Crippen LogP contribution >= 0.6 is 0 Å². The minimum atomic E-state index is -0.182. The van der Waals surface area contributed by atoms with Crippen molar-refractivity contribution in [3.05, 3.63) is 36.3 Å². The van der Waals surface area contributed by atoms with Gasteiger partial charge in [-0.3, -0.25) is 0 Å². The summed E-state index contributed by atoms with van der Waals surface area (Å²) >= 11 is 0. The molecule has 0 saturated carbocycles. The highest BCUT2D eigenvalue weighted by molar-refractivity contribution is 5.80. The van der Waals surface area contributed by atoms with Crippen LogP contribution in [0.1, 0.15) is 0 Å². The number of aromatic nitrogens is 1. The van der Waals surface area contributed by atoms with Gasteiger partial charge in [-0.2, -0.15) is 0 Å². The van der Waals surface area contributed by atoms with Crippen LogP contribution < -0.4 is 0 Å². The van der Waals surface area contributed by atoms with Crippen LogP contribution in [0, 0.1) is 5.82 Å². The molecule has 1 aliphatic heterocycles. The molecule has 0 N–H and O–H groups in total. The first-order chi connectivity index (χ1) is 6.83. The minimum absolute atomic E-state index is 0.182. The molecule has 14 heavy (non-hydrogen) atoms. The molecule has 3 rings (SSSR count). The van der Waals surface area contributed by atoms with E-state index in [4.69, 9.17) is 4.74 Å². The molecule has 0 spiro atoms. The van der Waals surface area contributed by atoms with Gasteiger partial charge in [-0.25, -0.2) is 4.39 Å². The summed E-state index contributed by atoms with van der Waals surface area (Å²) in [4.78, 5) is 0. The molecule has 2 heterocycles. The highest BCUT2D eigenvalue weighted by Crippen LogP contribution is 2.20. The third-order valence-corrected chi connectivity index (χ3v) is 2.54. The lowest BCUT2D eigenvalue weighted by Crippen LogP contribution is -2.01. The second kappa shape index (κ2) is 2.82. The Bertz CT molecular complexity index is 473. The van der Waals surface area contributed by atoms with E-state index in [0.717, 1.165) is 24.1 Å². The fraction of sp³-hybridized carbons (Fsp3) is 0.273. The van der Waals surface area contributed by atoms with Gasteiger partial charge < -0.3 is 9.30 Å². The van der Waals surface area contributed by atoms with E-state index in [1.54, 1.807) is 6.07 Å². The zero-order valence-corrected chi connectivity index (χ0v) is 7.61. The maximum atomic E-state index is 12.9. The zero-order chi connectivity index (χ0) is 9.54. The Kier molecular flexibility index (Phi) is 1.61. The van der Waals surface area contributed by atoms with Crippen molar-refractivity contribution in [3.8, 4) is 0 Å². The van der Waals surface area contributed by atoms with Gasteiger partial charge in [0.25, 0.3) is 0 Å². The van der Waals surface area contributed by atoms with E-state index in [1.807, 2.05) is 18.3 Å². The van der Waals surface area contributed by atoms with Gasteiger partial charge in [0, 0.05) is 17.1 Å². The second-order valence-electron chi connectivity index (χ2n) is 3.63. The number of hydrogen-bond acceptors (Lipinski definition) is 1. The van der Waals surface area contributed by atoms with Crippen LogP contribution in [0.2, 0.25) is 0 Å². The normalized spacial score (nSPS) is 20.2. The fourth-order valence-electron chi connectivity index (χ4n) is 1.72. The molecule has 1 aromatic carbocycles. The van der Waals surface area contributed by atoms with Crippen molar-refractivity contribution in [1.82, 2.24) is 4.57 Å². The van der Waals surface area contributed by atoms with Crippen LogP contribution in [0.5, 0.6) is 0 Å². The second-order valence-corrected chi connectivity index (χ2v) is 3.63. The largest absolute Gasteiger partial charge is 0.371 e. The number of halogens is 1. The lowest BCUT2D eigenvalue weighted by molar-refractivity contribution is 0.385. The molecule has 2 aromatic rings. The topological polar surface area (TPSA) is 17.5 Å². The molecular formula is C11H10FNO. The smallest absolute Gasteiger partial charge is 0.123 e. The Labute approximate surface area is 80.9 Å². The molecule has 1 fully saturated rings. The summed E-state index contributed by atoms with van der Waals surface area (Å²) in [5, 5.41) is 0.950.